The van der Waals surface area contributed by atoms with Crippen LogP contribution in [0.5, 0.6) is 5.75 Å². The van der Waals surface area contributed by atoms with Gasteiger partial charge in [0.25, 0.3) is 0 Å². The van der Waals surface area contributed by atoms with E-state index in [-0.39, 0.29) is 18.9 Å². The monoisotopic (exact) mass is 325 g/mol. The molecule has 0 saturated heterocycles. The van der Waals surface area contributed by atoms with Crippen molar-refractivity contribution in [2.45, 2.75) is 13.0 Å². The minimum Gasteiger partial charge on any atom is -0.489 e. The molecule has 0 fully saturated rings. The average Bonchev–Trinajstić information content (AvgIpc) is 2.59. The van der Waals surface area contributed by atoms with Crippen molar-refractivity contribution >= 4 is 18.0 Å². The summed E-state index contributed by atoms with van der Waals surface area (Å²) in [6.45, 7) is 0.586. The Hall–Kier alpha value is -3.08. The SMILES string of the molecule is O=C(O)CCNC(=O)C=Cc1cccc(OCc2ccccc2)c1. The number of rotatable bonds is 8. The van der Waals surface area contributed by atoms with Crippen molar-refractivity contribution in [3.63, 3.8) is 0 Å². The third-order valence-electron chi connectivity index (χ3n) is 3.17. The molecule has 24 heavy (non-hydrogen) atoms. The Balaban J connectivity index is 1.86. The van der Waals surface area contributed by atoms with Gasteiger partial charge in [-0.1, -0.05) is 42.5 Å². The van der Waals surface area contributed by atoms with E-state index >= 15 is 0 Å². The molecule has 2 rings (SSSR count). The van der Waals surface area contributed by atoms with Crippen LogP contribution < -0.4 is 10.1 Å². The molecular weight excluding hydrogens is 306 g/mol. The van der Waals surface area contributed by atoms with Gasteiger partial charge in [-0.25, -0.2) is 0 Å². The van der Waals surface area contributed by atoms with Gasteiger partial charge in [-0.3, -0.25) is 9.59 Å². The summed E-state index contributed by atoms with van der Waals surface area (Å²) in [6.07, 6.45) is 2.94. The first-order valence-electron chi connectivity index (χ1n) is 7.58. The van der Waals surface area contributed by atoms with Crippen LogP contribution in [0.2, 0.25) is 0 Å². The van der Waals surface area contributed by atoms with Crippen molar-refractivity contribution in [1.29, 1.82) is 0 Å². The molecule has 0 heterocycles. The molecule has 0 atom stereocenters. The third kappa shape index (κ3) is 6.36. The van der Waals surface area contributed by atoms with Crippen LogP contribution in [0.1, 0.15) is 17.5 Å². The van der Waals surface area contributed by atoms with Crippen LogP contribution in [0, 0.1) is 0 Å². The fourth-order valence-electron chi connectivity index (χ4n) is 1.97. The summed E-state index contributed by atoms with van der Waals surface area (Å²) in [7, 11) is 0. The molecule has 1 amide bonds. The van der Waals surface area contributed by atoms with Crippen molar-refractivity contribution < 1.29 is 19.4 Å². The summed E-state index contributed by atoms with van der Waals surface area (Å²) in [5.74, 6) is -0.554. The Morgan fingerprint density at radius 2 is 1.88 bits per heavy atom. The van der Waals surface area contributed by atoms with E-state index in [0.29, 0.717) is 12.4 Å². The molecule has 0 saturated carbocycles. The number of amides is 1. The number of ether oxygens (including phenoxy) is 1. The van der Waals surface area contributed by atoms with E-state index in [0.717, 1.165) is 11.1 Å². The molecule has 2 N–H and O–H groups in total. The van der Waals surface area contributed by atoms with Crippen LogP contribution in [0.25, 0.3) is 6.08 Å². The fraction of sp³-hybridized carbons (Fsp3) is 0.158. The number of carboxylic acid groups (broad SMARTS) is 1. The number of carboxylic acids is 1. The lowest BCUT2D eigenvalue weighted by atomic mass is 10.2. The van der Waals surface area contributed by atoms with E-state index in [4.69, 9.17) is 9.84 Å². The smallest absolute Gasteiger partial charge is 0.305 e. The maximum absolute atomic E-state index is 11.6. The van der Waals surface area contributed by atoms with Crippen molar-refractivity contribution in [2.24, 2.45) is 0 Å². The molecule has 5 nitrogen and oxygen atoms in total. The zero-order valence-electron chi connectivity index (χ0n) is 13.1. The van der Waals surface area contributed by atoms with E-state index in [1.807, 2.05) is 54.6 Å². The van der Waals surface area contributed by atoms with Gasteiger partial charge >= 0.3 is 5.97 Å². The Kier molecular flexibility index (Phi) is 6.58. The van der Waals surface area contributed by atoms with Crippen LogP contribution in [0.4, 0.5) is 0 Å². The Labute approximate surface area is 140 Å². The molecule has 0 aliphatic carbocycles. The number of carbonyl (C=O) groups excluding carboxylic acids is 1. The Bertz CT molecular complexity index is 710. The van der Waals surface area contributed by atoms with E-state index in [9.17, 15) is 9.59 Å². The number of hydrogen-bond donors (Lipinski definition) is 2. The second-order valence-electron chi connectivity index (χ2n) is 5.11. The highest BCUT2D eigenvalue weighted by atomic mass is 16.5. The highest BCUT2D eigenvalue weighted by Crippen LogP contribution is 2.16. The first kappa shape index (κ1) is 17.3. The van der Waals surface area contributed by atoms with E-state index in [1.165, 1.54) is 6.08 Å². The number of benzene rings is 2. The van der Waals surface area contributed by atoms with E-state index in [2.05, 4.69) is 5.32 Å². The van der Waals surface area contributed by atoms with Gasteiger partial charge in [-0.05, 0) is 29.3 Å². The zero-order valence-corrected chi connectivity index (χ0v) is 13.1. The van der Waals surface area contributed by atoms with Gasteiger partial charge in [0.15, 0.2) is 0 Å². The van der Waals surface area contributed by atoms with Gasteiger partial charge in [0, 0.05) is 12.6 Å². The second-order valence-corrected chi connectivity index (χ2v) is 5.11. The fourth-order valence-corrected chi connectivity index (χ4v) is 1.97. The standard InChI is InChI=1S/C19H19NO4/c21-18(20-12-11-19(22)23)10-9-15-7-4-8-17(13-15)24-14-16-5-2-1-3-6-16/h1-10,13H,11-12,14H2,(H,20,21)(H,22,23). The minimum absolute atomic E-state index is 0.0949. The van der Waals surface area contributed by atoms with Gasteiger partial charge in [-0.15, -0.1) is 0 Å². The maximum Gasteiger partial charge on any atom is 0.305 e. The molecule has 0 radical (unpaired) electrons. The number of carbonyl (C=O) groups is 2. The topological polar surface area (TPSA) is 75.6 Å². The summed E-state index contributed by atoms with van der Waals surface area (Å²) in [5, 5.41) is 11.0. The largest absolute Gasteiger partial charge is 0.489 e. The molecule has 5 heteroatoms. The lowest BCUT2D eigenvalue weighted by Gasteiger charge is -2.07. The Morgan fingerprint density at radius 1 is 1.08 bits per heavy atom. The summed E-state index contributed by atoms with van der Waals surface area (Å²) in [4.78, 5) is 21.9. The lowest BCUT2D eigenvalue weighted by molar-refractivity contribution is -0.136. The maximum atomic E-state index is 11.6. The molecule has 2 aromatic carbocycles. The van der Waals surface area contributed by atoms with Crippen LogP contribution in [-0.2, 0) is 16.2 Å². The van der Waals surface area contributed by atoms with Crippen molar-refractivity contribution in [3.8, 4) is 5.75 Å². The third-order valence-corrected chi connectivity index (χ3v) is 3.17. The highest BCUT2D eigenvalue weighted by molar-refractivity contribution is 5.91. The van der Waals surface area contributed by atoms with Gasteiger partial charge in [0.2, 0.25) is 5.91 Å². The van der Waals surface area contributed by atoms with Gasteiger partial charge in [0.1, 0.15) is 12.4 Å². The first-order valence-corrected chi connectivity index (χ1v) is 7.58. The summed E-state index contributed by atoms with van der Waals surface area (Å²) in [5.41, 5.74) is 1.91. The number of aliphatic carboxylic acids is 1. The molecule has 124 valence electrons. The van der Waals surface area contributed by atoms with Crippen LogP contribution in [0.3, 0.4) is 0 Å². The Morgan fingerprint density at radius 3 is 2.62 bits per heavy atom. The predicted octanol–water partition coefficient (Wildman–Crippen LogP) is 2.87. The van der Waals surface area contributed by atoms with E-state index < -0.39 is 5.97 Å². The molecule has 0 unspecified atom stereocenters. The number of nitrogens with one attached hydrogen (secondary N) is 1. The molecule has 2 aromatic rings. The molecule has 0 aliphatic rings. The molecule has 0 spiro atoms. The molecule has 0 aromatic heterocycles. The van der Waals surface area contributed by atoms with Crippen LogP contribution in [-0.4, -0.2) is 23.5 Å². The minimum atomic E-state index is -0.942. The lowest BCUT2D eigenvalue weighted by Crippen LogP contribution is -2.23. The van der Waals surface area contributed by atoms with Gasteiger partial charge in [-0.2, -0.15) is 0 Å². The summed E-state index contributed by atoms with van der Waals surface area (Å²) >= 11 is 0. The second kappa shape index (κ2) is 9.15. The summed E-state index contributed by atoms with van der Waals surface area (Å²) < 4.78 is 5.73. The molecular formula is C19H19NO4. The van der Waals surface area contributed by atoms with Gasteiger partial charge in [0.05, 0.1) is 6.42 Å². The normalized spacial score (nSPS) is 10.5. The average molecular weight is 325 g/mol. The van der Waals surface area contributed by atoms with Crippen LogP contribution in [0.15, 0.2) is 60.7 Å². The first-order chi connectivity index (χ1) is 11.6. The quantitative estimate of drug-likeness (QED) is 0.732. The summed E-state index contributed by atoms with van der Waals surface area (Å²) in [6, 6.07) is 17.3. The predicted molar refractivity (Wildman–Crippen MR) is 91.5 cm³/mol. The van der Waals surface area contributed by atoms with Crippen molar-refractivity contribution in [2.75, 3.05) is 6.54 Å². The molecule has 0 aliphatic heterocycles. The zero-order chi connectivity index (χ0) is 17.2. The van der Waals surface area contributed by atoms with Crippen molar-refractivity contribution in [1.82, 2.24) is 5.32 Å². The molecule has 0 bridgehead atoms. The van der Waals surface area contributed by atoms with E-state index in [1.54, 1.807) is 6.08 Å². The van der Waals surface area contributed by atoms with Crippen LogP contribution >= 0.6 is 0 Å². The highest BCUT2D eigenvalue weighted by Gasteiger charge is 2.00. The number of hydrogen-bond acceptors (Lipinski definition) is 3. The van der Waals surface area contributed by atoms with Gasteiger partial charge < -0.3 is 15.2 Å². The van der Waals surface area contributed by atoms with Crippen molar-refractivity contribution in [3.05, 3.63) is 71.8 Å².